The second kappa shape index (κ2) is 8.64. The van der Waals surface area contributed by atoms with Crippen LogP contribution in [0.15, 0.2) is 11.1 Å². The maximum atomic E-state index is 14.6. The molecule has 1 aliphatic heterocycles. The number of nitrogen functional groups attached to an aromatic ring is 1. The van der Waals surface area contributed by atoms with E-state index in [1.165, 1.54) is 0 Å². The van der Waals surface area contributed by atoms with Gasteiger partial charge in [-0.3, -0.25) is 18.9 Å². The first-order chi connectivity index (χ1) is 14.6. The number of ether oxygens (including phenoxy) is 1. The highest BCUT2D eigenvalue weighted by Gasteiger charge is 2.48. The number of hydrogen-bond donors (Lipinski definition) is 7. The number of phosphoric ester groups is 1. The van der Waals surface area contributed by atoms with E-state index in [1.807, 2.05) is 0 Å². The van der Waals surface area contributed by atoms with Gasteiger partial charge in [0.1, 0.15) is 12.2 Å². The van der Waals surface area contributed by atoms with Crippen LogP contribution in [0.25, 0.3) is 11.2 Å². The van der Waals surface area contributed by atoms with Crippen molar-refractivity contribution in [3.63, 3.8) is 0 Å². The maximum absolute atomic E-state index is 14.6. The van der Waals surface area contributed by atoms with Gasteiger partial charge in [-0.1, -0.05) is 0 Å². The molecule has 4 unspecified atom stereocenters. The molecule has 0 radical (unpaired) electrons. The van der Waals surface area contributed by atoms with Crippen molar-refractivity contribution in [1.82, 2.24) is 19.5 Å². The molecule has 0 aromatic carbocycles. The van der Waals surface area contributed by atoms with Crippen LogP contribution >= 0.6 is 23.5 Å². The number of aromatic nitrogens is 4. The maximum Gasteiger partial charge on any atom is 0.490 e. The number of H-pyrrole nitrogens is 1. The number of aliphatic hydroxyl groups excluding tert-OH is 1. The van der Waals surface area contributed by atoms with E-state index < -0.39 is 60.2 Å². The molecule has 0 amide bonds. The second-order valence-corrected chi connectivity index (χ2v) is 10.6. The van der Waals surface area contributed by atoms with Gasteiger partial charge in [-0.2, -0.15) is 13.6 Å². The van der Waals surface area contributed by atoms with Gasteiger partial charge < -0.3 is 35.2 Å². The first-order valence-electron chi connectivity index (χ1n) is 8.07. The van der Waals surface area contributed by atoms with Gasteiger partial charge in [0.25, 0.3) is 5.56 Å². The van der Waals surface area contributed by atoms with Crippen LogP contribution in [0, 0.1) is 0 Å². The summed E-state index contributed by atoms with van der Waals surface area (Å²) < 4.78 is 65.8. The Labute approximate surface area is 175 Å². The Hall–Kier alpha value is -1.59. The van der Waals surface area contributed by atoms with Crippen LogP contribution < -0.4 is 11.3 Å². The summed E-state index contributed by atoms with van der Waals surface area (Å²) >= 11 is 0. The average Bonchev–Trinajstić information content (AvgIpc) is 3.12. The van der Waals surface area contributed by atoms with Crippen LogP contribution in [-0.2, 0) is 31.6 Å². The van der Waals surface area contributed by atoms with Gasteiger partial charge in [0.15, 0.2) is 23.6 Å². The van der Waals surface area contributed by atoms with E-state index >= 15 is 0 Å². The van der Waals surface area contributed by atoms with Gasteiger partial charge in [-0.25, -0.2) is 23.1 Å². The molecule has 0 aliphatic carbocycles. The lowest BCUT2D eigenvalue weighted by Crippen LogP contribution is -2.31. The zero-order valence-corrected chi connectivity index (χ0v) is 17.9. The van der Waals surface area contributed by atoms with Crippen LogP contribution in [0.2, 0.25) is 0 Å². The molecule has 3 rings (SSSR count). The van der Waals surface area contributed by atoms with Gasteiger partial charge in [-0.05, 0) is 0 Å². The fraction of sp³-hybridized carbons (Fsp3) is 0.500. The first kappa shape index (κ1) is 25.0. The number of aliphatic hydroxyl groups is 1. The van der Waals surface area contributed by atoms with E-state index in [9.17, 15) is 32.9 Å². The summed E-state index contributed by atoms with van der Waals surface area (Å²) in [6.07, 6.45) is -6.48. The Morgan fingerprint density at radius 3 is 2.50 bits per heavy atom. The summed E-state index contributed by atoms with van der Waals surface area (Å²) in [4.78, 5) is 57.0. The number of nitrogens with two attached hydrogens (primary N) is 1. The molecule has 1 fully saturated rings. The standard InChI is InChI=1S/C10H15FN5O13P3/c11-4-6(17)3(1-26-31(22,23)29-32(24,25)28-30(19,20)21)27-9(4)16-2-13-5-7(16)14-10(12)15-8(5)18/h2-4,6,9,17H,1H2,(H,22,23)(H,24,25)(H2,19,20,21)(H3,12,14,15,18)/t3-,4?,6?,9-/m1/s1. The number of nitrogens with zero attached hydrogens (tertiary/aromatic N) is 3. The van der Waals surface area contributed by atoms with Crippen molar-refractivity contribution in [3.05, 3.63) is 16.7 Å². The second-order valence-electron chi connectivity index (χ2n) is 6.16. The molecular formula is C10H15FN5O13P3. The molecule has 2 aromatic heterocycles. The lowest BCUT2D eigenvalue weighted by Gasteiger charge is -2.19. The number of imidazole rings is 1. The number of halogens is 1. The van der Waals surface area contributed by atoms with Crippen molar-refractivity contribution in [2.75, 3.05) is 12.3 Å². The summed E-state index contributed by atoms with van der Waals surface area (Å²) in [6, 6.07) is 0. The van der Waals surface area contributed by atoms with Crippen LogP contribution in [0.1, 0.15) is 6.23 Å². The third-order valence-electron chi connectivity index (χ3n) is 3.84. The predicted octanol–water partition coefficient (Wildman–Crippen LogP) is -1.36. The fourth-order valence-electron chi connectivity index (χ4n) is 2.67. The number of fused-ring (bicyclic) bond motifs is 1. The van der Waals surface area contributed by atoms with Crippen molar-refractivity contribution in [3.8, 4) is 0 Å². The molecule has 3 heterocycles. The zero-order valence-electron chi connectivity index (χ0n) is 15.2. The van der Waals surface area contributed by atoms with Gasteiger partial charge in [0, 0.05) is 0 Å². The lowest BCUT2D eigenvalue weighted by molar-refractivity contribution is -0.0450. The zero-order chi connectivity index (χ0) is 24.1. The third kappa shape index (κ3) is 5.66. The number of alkyl halides is 1. The molecule has 0 spiro atoms. The Balaban J connectivity index is 1.72. The highest BCUT2D eigenvalue weighted by Crippen LogP contribution is 2.66. The first-order valence-corrected chi connectivity index (χ1v) is 12.6. The lowest BCUT2D eigenvalue weighted by atomic mass is 10.1. The molecular weight excluding hydrogens is 510 g/mol. The summed E-state index contributed by atoms with van der Waals surface area (Å²) in [5.74, 6) is -0.317. The highest BCUT2D eigenvalue weighted by molar-refractivity contribution is 7.66. The summed E-state index contributed by atoms with van der Waals surface area (Å²) in [5.41, 5.74) is 4.29. The smallest absolute Gasteiger partial charge is 0.387 e. The molecule has 1 saturated heterocycles. The van der Waals surface area contributed by atoms with Gasteiger partial charge in [0.2, 0.25) is 5.95 Å². The minimum absolute atomic E-state index is 0.195. The van der Waals surface area contributed by atoms with E-state index in [4.69, 9.17) is 25.2 Å². The van der Waals surface area contributed by atoms with Crippen LogP contribution in [-0.4, -0.2) is 69.2 Å². The molecule has 6 atom stereocenters. The third-order valence-corrected chi connectivity index (χ3v) is 7.64. The number of nitrogens with one attached hydrogen (secondary N) is 1. The van der Waals surface area contributed by atoms with Gasteiger partial charge >= 0.3 is 23.5 Å². The van der Waals surface area contributed by atoms with Crippen molar-refractivity contribution in [1.29, 1.82) is 0 Å². The largest absolute Gasteiger partial charge is 0.490 e. The topological polar surface area (TPSA) is 279 Å². The molecule has 8 N–H and O–H groups in total. The molecule has 0 saturated carbocycles. The Morgan fingerprint density at radius 1 is 1.22 bits per heavy atom. The van der Waals surface area contributed by atoms with E-state index in [1.54, 1.807) is 0 Å². The monoisotopic (exact) mass is 525 g/mol. The number of aromatic amines is 1. The van der Waals surface area contributed by atoms with E-state index in [0.29, 0.717) is 0 Å². The average molecular weight is 525 g/mol. The number of anilines is 1. The van der Waals surface area contributed by atoms with Crippen LogP contribution in [0.4, 0.5) is 10.3 Å². The summed E-state index contributed by atoms with van der Waals surface area (Å²) in [6.45, 7) is -1.09. The van der Waals surface area contributed by atoms with E-state index in [-0.39, 0.29) is 17.1 Å². The van der Waals surface area contributed by atoms with Crippen molar-refractivity contribution >= 4 is 40.6 Å². The van der Waals surface area contributed by atoms with E-state index in [0.717, 1.165) is 10.9 Å². The minimum atomic E-state index is -5.76. The fourth-order valence-corrected chi connectivity index (χ4v) is 5.70. The quantitative estimate of drug-likeness (QED) is 0.196. The normalized spacial score (nSPS) is 27.9. The van der Waals surface area contributed by atoms with Crippen molar-refractivity contribution in [2.24, 2.45) is 0 Å². The van der Waals surface area contributed by atoms with Crippen LogP contribution in [0.3, 0.4) is 0 Å². The molecule has 2 aromatic rings. The highest BCUT2D eigenvalue weighted by atomic mass is 31.3. The Morgan fingerprint density at radius 2 is 1.88 bits per heavy atom. The number of rotatable bonds is 8. The number of phosphoric acid groups is 3. The minimum Gasteiger partial charge on any atom is -0.387 e. The Kier molecular flexibility index (Phi) is 6.76. The molecule has 22 heteroatoms. The molecule has 32 heavy (non-hydrogen) atoms. The van der Waals surface area contributed by atoms with E-state index in [2.05, 4.69) is 28.1 Å². The van der Waals surface area contributed by atoms with Crippen molar-refractivity contribution in [2.45, 2.75) is 24.6 Å². The molecule has 18 nitrogen and oxygen atoms in total. The van der Waals surface area contributed by atoms with Crippen molar-refractivity contribution < 1.29 is 60.6 Å². The summed E-state index contributed by atoms with van der Waals surface area (Å²) in [7, 11) is -16.9. The van der Waals surface area contributed by atoms with Crippen LogP contribution in [0.5, 0.6) is 0 Å². The summed E-state index contributed by atoms with van der Waals surface area (Å²) in [5, 5.41) is 10.0. The van der Waals surface area contributed by atoms with Gasteiger partial charge in [0.05, 0.1) is 12.9 Å². The Bertz CT molecular complexity index is 1210. The SMILES string of the molecule is Nc1nc2c(ncn2[C@@H]2O[C@H](COP(=O)(O)OP(=O)(O)OP(=O)(O)O)C(O)C2F)c(=O)[nH]1. The van der Waals surface area contributed by atoms with Gasteiger partial charge in [-0.15, -0.1) is 0 Å². The molecule has 0 bridgehead atoms. The number of hydrogen-bond acceptors (Lipinski definition) is 12. The predicted molar refractivity (Wildman–Crippen MR) is 97.2 cm³/mol. The molecule has 1 aliphatic rings. The molecule has 180 valence electrons.